The van der Waals surface area contributed by atoms with Crippen LogP contribution in [0.15, 0.2) is 36.5 Å². The summed E-state index contributed by atoms with van der Waals surface area (Å²) in [5.41, 5.74) is 1.76. The lowest BCUT2D eigenvalue weighted by Gasteiger charge is -2.15. The standard InChI is InChI=1S/C20H21ClFN5O3/c1-23-17-12(21)6-5-7-14(17)26-19-13(22)10-24-20(27-19)25-11-8-15(28-2)18(30-4)16(9-11)29-3/h5-10,23H,1-4H3,(H2,24,25,26,27). The van der Waals surface area contributed by atoms with E-state index in [-0.39, 0.29) is 11.8 Å². The van der Waals surface area contributed by atoms with Gasteiger partial charge in [0.1, 0.15) is 0 Å². The second kappa shape index (κ2) is 9.36. The summed E-state index contributed by atoms with van der Waals surface area (Å²) < 4.78 is 30.3. The van der Waals surface area contributed by atoms with E-state index in [1.807, 2.05) is 0 Å². The average molecular weight is 434 g/mol. The fraction of sp³-hybridized carbons (Fsp3) is 0.200. The lowest BCUT2D eigenvalue weighted by molar-refractivity contribution is 0.324. The molecule has 0 aliphatic carbocycles. The second-order valence-electron chi connectivity index (χ2n) is 5.97. The van der Waals surface area contributed by atoms with Crippen molar-refractivity contribution in [2.45, 2.75) is 0 Å². The van der Waals surface area contributed by atoms with Gasteiger partial charge in [-0.2, -0.15) is 4.98 Å². The van der Waals surface area contributed by atoms with E-state index in [2.05, 4.69) is 25.9 Å². The first-order chi connectivity index (χ1) is 14.5. The van der Waals surface area contributed by atoms with Gasteiger partial charge in [0.2, 0.25) is 11.7 Å². The molecule has 1 heterocycles. The molecule has 10 heteroatoms. The van der Waals surface area contributed by atoms with Crippen molar-refractivity contribution in [1.29, 1.82) is 0 Å². The number of halogens is 2. The van der Waals surface area contributed by atoms with E-state index in [0.29, 0.717) is 39.3 Å². The second-order valence-corrected chi connectivity index (χ2v) is 6.37. The fourth-order valence-electron chi connectivity index (χ4n) is 2.81. The first kappa shape index (κ1) is 21.3. The quantitative estimate of drug-likeness (QED) is 0.465. The Labute approximate surface area is 178 Å². The number of anilines is 5. The smallest absolute Gasteiger partial charge is 0.229 e. The highest BCUT2D eigenvalue weighted by molar-refractivity contribution is 6.34. The third kappa shape index (κ3) is 4.41. The lowest BCUT2D eigenvalue weighted by Crippen LogP contribution is -2.05. The third-order valence-electron chi connectivity index (χ3n) is 4.18. The maximum absolute atomic E-state index is 14.3. The van der Waals surface area contributed by atoms with Gasteiger partial charge in [-0.25, -0.2) is 9.37 Å². The molecule has 0 aliphatic rings. The number of nitrogens with one attached hydrogen (secondary N) is 3. The Morgan fingerprint density at radius 2 is 1.70 bits per heavy atom. The molecule has 30 heavy (non-hydrogen) atoms. The molecule has 3 aromatic rings. The van der Waals surface area contributed by atoms with Crippen molar-refractivity contribution >= 4 is 40.4 Å². The molecule has 8 nitrogen and oxygen atoms in total. The van der Waals surface area contributed by atoms with E-state index in [4.69, 9.17) is 25.8 Å². The van der Waals surface area contributed by atoms with Crippen molar-refractivity contribution < 1.29 is 18.6 Å². The molecule has 0 saturated carbocycles. The van der Waals surface area contributed by atoms with Gasteiger partial charge >= 0.3 is 0 Å². The highest BCUT2D eigenvalue weighted by Gasteiger charge is 2.15. The molecule has 0 fully saturated rings. The van der Waals surface area contributed by atoms with Crippen LogP contribution in [0.25, 0.3) is 0 Å². The molecular formula is C20H21ClFN5O3. The van der Waals surface area contributed by atoms with E-state index in [9.17, 15) is 4.39 Å². The Bertz CT molecular complexity index is 1030. The van der Waals surface area contributed by atoms with Crippen LogP contribution in [-0.2, 0) is 0 Å². The lowest BCUT2D eigenvalue weighted by atomic mass is 10.2. The van der Waals surface area contributed by atoms with Crippen molar-refractivity contribution in [1.82, 2.24) is 9.97 Å². The van der Waals surface area contributed by atoms with Crippen LogP contribution in [0.2, 0.25) is 5.02 Å². The van der Waals surface area contributed by atoms with E-state index in [0.717, 1.165) is 6.20 Å². The summed E-state index contributed by atoms with van der Waals surface area (Å²) in [6.45, 7) is 0. The Morgan fingerprint density at radius 1 is 1.00 bits per heavy atom. The fourth-order valence-corrected chi connectivity index (χ4v) is 3.08. The predicted molar refractivity (Wildman–Crippen MR) is 116 cm³/mol. The van der Waals surface area contributed by atoms with Crippen LogP contribution in [0.5, 0.6) is 17.2 Å². The number of aromatic nitrogens is 2. The summed E-state index contributed by atoms with van der Waals surface area (Å²) >= 11 is 6.18. The summed E-state index contributed by atoms with van der Waals surface area (Å²) in [6.07, 6.45) is 1.07. The highest BCUT2D eigenvalue weighted by Crippen LogP contribution is 2.40. The molecular weight excluding hydrogens is 413 g/mol. The predicted octanol–water partition coefficient (Wildman–Crippen LogP) is 4.82. The van der Waals surface area contributed by atoms with Crippen LogP contribution in [-0.4, -0.2) is 38.3 Å². The number of benzene rings is 2. The Hall–Kier alpha value is -3.46. The monoisotopic (exact) mass is 433 g/mol. The summed E-state index contributed by atoms with van der Waals surface area (Å²) in [4.78, 5) is 8.23. The van der Waals surface area contributed by atoms with Crippen molar-refractivity contribution in [3.63, 3.8) is 0 Å². The Kier molecular flexibility index (Phi) is 6.63. The van der Waals surface area contributed by atoms with Crippen molar-refractivity contribution in [3.8, 4) is 17.2 Å². The van der Waals surface area contributed by atoms with Gasteiger partial charge in [0.15, 0.2) is 23.1 Å². The molecule has 0 bridgehead atoms. The molecule has 0 saturated heterocycles. The number of rotatable bonds is 8. The summed E-state index contributed by atoms with van der Waals surface area (Å²) in [5.74, 6) is 0.899. The normalized spacial score (nSPS) is 10.3. The maximum Gasteiger partial charge on any atom is 0.229 e. The molecule has 0 atom stereocenters. The zero-order valence-electron chi connectivity index (χ0n) is 16.8. The first-order valence-corrected chi connectivity index (χ1v) is 9.21. The molecule has 1 aromatic heterocycles. The zero-order chi connectivity index (χ0) is 21.7. The molecule has 0 unspecified atom stereocenters. The Balaban J connectivity index is 1.92. The van der Waals surface area contributed by atoms with E-state index < -0.39 is 5.82 Å². The minimum absolute atomic E-state index is 0.0151. The third-order valence-corrected chi connectivity index (χ3v) is 4.50. The molecule has 0 aliphatic heterocycles. The molecule has 0 spiro atoms. The van der Waals surface area contributed by atoms with Gasteiger partial charge in [0.25, 0.3) is 0 Å². The minimum Gasteiger partial charge on any atom is -0.493 e. The number of hydrogen-bond donors (Lipinski definition) is 3. The number of methoxy groups -OCH3 is 3. The van der Waals surface area contributed by atoms with Gasteiger partial charge in [-0.15, -0.1) is 0 Å². The van der Waals surface area contributed by atoms with Crippen molar-refractivity contribution in [2.75, 3.05) is 44.3 Å². The van der Waals surface area contributed by atoms with Gasteiger partial charge < -0.3 is 30.2 Å². The van der Waals surface area contributed by atoms with Gasteiger partial charge in [0, 0.05) is 24.9 Å². The molecule has 3 N–H and O–H groups in total. The summed E-state index contributed by atoms with van der Waals surface area (Å²) in [6, 6.07) is 8.62. The number of ether oxygens (including phenoxy) is 3. The van der Waals surface area contributed by atoms with Crippen LogP contribution in [0, 0.1) is 5.82 Å². The molecule has 158 valence electrons. The van der Waals surface area contributed by atoms with Crippen LogP contribution in [0.1, 0.15) is 0 Å². The Morgan fingerprint density at radius 3 is 2.30 bits per heavy atom. The molecule has 3 rings (SSSR count). The van der Waals surface area contributed by atoms with Crippen LogP contribution >= 0.6 is 11.6 Å². The van der Waals surface area contributed by atoms with E-state index in [1.54, 1.807) is 37.4 Å². The maximum atomic E-state index is 14.3. The van der Waals surface area contributed by atoms with E-state index >= 15 is 0 Å². The zero-order valence-corrected chi connectivity index (χ0v) is 17.6. The SMILES string of the molecule is CNc1c(Cl)cccc1Nc1nc(Nc2cc(OC)c(OC)c(OC)c2)ncc1F. The van der Waals surface area contributed by atoms with E-state index in [1.165, 1.54) is 21.3 Å². The van der Waals surface area contributed by atoms with Crippen LogP contribution in [0.3, 0.4) is 0 Å². The molecule has 0 amide bonds. The van der Waals surface area contributed by atoms with Gasteiger partial charge in [-0.1, -0.05) is 17.7 Å². The molecule has 2 aromatic carbocycles. The van der Waals surface area contributed by atoms with Crippen molar-refractivity contribution in [2.24, 2.45) is 0 Å². The number of nitrogens with zero attached hydrogens (tertiary/aromatic N) is 2. The largest absolute Gasteiger partial charge is 0.493 e. The van der Waals surface area contributed by atoms with Crippen molar-refractivity contribution in [3.05, 3.63) is 47.4 Å². The van der Waals surface area contributed by atoms with Crippen LogP contribution in [0.4, 0.5) is 33.2 Å². The summed E-state index contributed by atoms with van der Waals surface area (Å²) in [5, 5.41) is 9.42. The highest BCUT2D eigenvalue weighted by atomic mass is 35.5. The van der Waals surface area contributed by atoms with Crippen LogP contribution < -0.4 is 30.2 Å². The first-order valence-electron chi connectivity index (χ1n) is 8.83. The van der Waals surface area contributed by atoms with Gasteiger partial charge in [-0.05, 0) is 12.1 Å². The van der Waals surface area contributed by atoms with Gasteiger partial charge in [0.05, 0.1) is 43.9 Å². The average Bonchev–Trinajstić information content (AvgIpc) is 2.75. The topological polar surface area (TPSA) is 89.6 Å². The molecule has 0 radical (unpaired) electrons. The number of hydrogen-bond acceptors (Lipinski definition) is 8. The van der Waals surface area contributed by atoms with Gasteiger partial charge in [-0.3, -0.25) is 0 Å². The minimum atomic E-state index is -0.618. The summed E-state index contributed by atoms with van der Waals surface area (Å²) in [7, 11) is 6.27. The number of para-hydroxylation sites is 1.